The summed E-state index contributed by atoms with van der Waals surface area (Å²) in [7, 11) is 1.81. The van der Waals surface area contributed by atoms with Crippen molar-refractivity contribution < 1.29 is 9.47 Å². The van der Waals surface area contributed by atoms with E-state index >= 15 is 0 Å². The highest BCUT2D eigenvalue weighted by atomic mass is 16.5. The Hall–Kier alpha value is -0.160. The van der Waals surface area contributed by atoms with Crippen LogP contribution in [0.4, 0.5) is 0 Å². The molecule has 1 heterocycles. The minimum absolute atomic E-state index is 0.330. The van der Waals surface area contributed by atoms with Crippen molar-refractivity contribution >= 4 is 0 Å². The Morgan fingerprint density at radius 1 is 1.28 bits per heavy atom. The van der Waals surface area contributed by atoms with Crippen molar-refractivity contribution in [2.75, 3.05) is 53.1 Å². The lowest BCUT2D eigenvalue weighted by Gasteiger charge is -2.37. The van der Waals surface area contributed by atoms with E-state index in [-0.39, 0.29) is 0 Å². The second-order valence-electron chi connectivity index (χ2n) is 5.88. The molecule has 0 aromatic rings. The van der Waals surface area contributed by atoms with Gasteiger partial charge in [-0.3, -0.25) is 0 Å². The van der Waals surface area contributed by atoms with Gasteiger partial charge >= 0.3 is 0 Å². The maximum absolute atomic E-state index is 5.63. The molecule has 4 nitrogen and oxygen atoms in total. The maximum atomic E-state index is 5.63. The van der Waals surface area contributed by atoms with Gasteiger partial charge in [0, 0.05) is 32.2 Å². The van der Waals surface area contributed by atoms with Gasteiger partial charge in [0.2, 0.25) is 0 Å². The zero-order chi connectivity index (χ0) is 12.7. The van der Waals surface area contributed by atoms with E-state index in [1.165, 1.54) is 25.7 Å². The highest BCUT2D eigenvalue weighted by molar-refractivity contribution is 4.86. The fourth-order valence-corrected chi connectivity index (χ4v) is 2.67. The summed E-state index contributed by atoms with van der Waals surface area (Å²) in [5.41, 5.74) is 0.330. The standard InChI is InChI=1S/C14H28N2O2/c1-17-12-14(4-6-15-7-5-14)11-16-8-9-18-10-13-2-3-13/h13,15-16H,2-12H2,1H3. The van der Waals surface area contributed by atoms with Crippen LogP contribution in [0.1, 0.15) is 25.7 Å². The Bertz CT molecular complexity index is 220. The summed E-state index contributed by atoms with van der Waals surface area (Å²) in [6, 6.07) is 0. The van der Waals surface area contributed by atoms with Crippen molar-refractivity contribution in [1.29, 1.82) is 0 Å². The van der Waals surface area contributed by atoms with E-state index in [1.54, 1.807) is 0 Å². The van der Waals surface area contributed by atoms with E-state index in [0.29, 0.717) is 5.41 Å². The fourth-order valence-electron chi connectivity index (χ4n) is 2.67. The molecule has 0 atom stereocenters. The topological polar surface area (TPSA) is 42.5 Å². The van der Waals surface area contributed by atoms with Gasteiger partial charge in [-0.2, -0.15) is 0 Å². The first kappa shape index (κ1) is 14.3. The van der Waals surface area contributed by atoms with Crippen LogP contribution in [0.5, 0.6) is 0 Å². The monoisotopic (exact) mass is 256 g/mol. The van der Waals surface area contributed by atoms with Gasteiger partial charge in [0.05, 0.1) is 13.2 Å². The molecule has 18 heavy (non-hydrogen) atoms. The lowest BCUT2D eigenvalue weighted by Crippen LogP contribution is -2.46. The van der Waals surface area contributed by atoms with Crippen LogP contribution >= 0.6 is 0 Å². The molecule has 0 unspecified atom stereocenters. The first-order valence-electron chi connectivity index (χ1n) is 7.33. The molecule has 0 aromatic carbocycles. The first-order valence-corrected chi connectivity index (χ1v) is 7.33. The molecule has 0 spiro atoms. The predicted molar refractivity (Wildman–Crippen MR) is 72.8 cm³/mol. The summed E-state index contributed by atoms with van der Waals surface area (Å²) in [4.78, 5) is 0. The predicted octanol–water partition coefficient (Wildman–Crippen LogP) is 1.02. The number of nitrogens with one attached hydrogen (secondary N) is 2. The molecular weight excluding hydrogens is 228 g/mol. The molecule has 0 bridgehead atoms. The summed E-state index contributed by atoms with van der Waals surface area (Å²) in [6.45, 7) is 6.92. The molecule has 4 heteroatoms. The zero-order valence-electron chi connectivity index (χ0n) is 11.7. The number of hydrogen-bond donors (Lipinski definition) is 2. The Labute approximate surface area is 111 Å². The third kappa shape index (κ3) is 4.84. The second-order valence-corrected chi connectivity index (χ2v) is 5.88. The molecule has 106 valence electrons. The lowest BCUT2D eigenvalue weighted by atomic mass is 9.79. The highest BCUT2D eigenvalue weighted by Gasteiger charge is 2.31. The van der Waals surface area contributed by atoms with Gasteiger partial charge in [-0.1, -0.05) is 0 Å². The molecule has 1 saturated heterocycles. The van der Waals surface area contributed by atoms with Crippen LogP contribution in [-0.2, 0) is 9.47 Å². The number of hydrogen-bond acceptors (Lipinski definition) is 4. The Morgan fingerprint density at radius 3 is 2.72 bits per heavy atom. The van der Waals surface area contributed by atoms with Crippen molar-refractivity contribution in [3.8, 4) is 0 Å². The van der Waals surface area contributed by atoms with E-state index in [0.717, 1.165) is 51.9 Å². The van der Waals surface area contributed by atoms with E-state index < -0.39 is 0 Å². The Morgan fingerprint density at radius 2 is 2.06 bits per heavy atom. The molecule has 1 aliphatic heterocycles. The smallest absolute Gasteiger partial charge is 0.0591 e. The molecule has 0 amide bonds. The van der Waals surface area contributed by atoms with Crippen LogP contribution in [0.2, 0.25) is 0 Å². The quantitative estimate of drug-likeness (QED) is 0.605. The van der Waals surface area contributed by atoms with E-state index in [2.05, 4.69) is 10.6 Å². The molecule has 0 aromatic heterocycles. The molecule has 1 aliphatic carbocycles. The molecule has 2 aliphatic rings. The van der Waals surface area contributed by atoms with Gasteiger partial charge < -0.3 is 20.1 Å². The minimum Gasteiger partial charge on any atom is -0.384 e. The molecule has 2 fully saturated rings. The lowest BCUT2D eigenvalue weighted by molar-refractivity contribution is 0.0508. The molecule has 2 rings (SSSR count). The average Bonchev–Trinajstić information content (AvgIpc) is 3.19. The number of ether oxygens (including phenoxy) is 2. The van der Waals surface area contributed by atoms with Crippen LogP contribution in [0, 0.1) is 11.3 Å². The highest BCUT2D eigenvalue weighted by Crippen LogP contribution is 2.29. The van der Waals surface area contributed by atoms with Crippen molar-refractivity contribution in [3.63, 3.8) is 0 Å². The largest absolute Gasteiger partial charge is 0.384 e. The van der Waals surface area contributed by atoms with E-state index in [9.17, 15) is 0 Å². The number of rotatable bonds is 9. The van der Waals surface area contributed by atoms with Crippen LogP contribution in [0.15, 0.2) is 0 Å². The molecular formula is C14H28N2O2. The third-order valence-corrected chi connectivity index (χ3v) is 4.09. The number of methoxy groups -OCH3 is 1. The molecule has 1 saturated carbocycles. The minimum atomic E-state index is 0.330. The van der Waals surface area contributed by atoms with Crippen molar-refractivity contribution in [1.82, 2.24) is 10.6 Å². The normalized spacial score (nSPS) is 23.2. The van der Waals surface area contributed by atoms with E-state index in [1.807, 2.05) is 7.11 Å². The van der Waals surface area contributed by atoms with Crippen molar-refractivity contribution in [2.45, 2.75) is 25.7 Å². The Balaban J connectivity index is 1.56. The Kier molecular flexibility index (Phi) is 5.89. The van der Waals surface area contributed by atoms with Gasteiger partial charge in [-0.15, -0.1) is 0 Å². The average molecular weight is 256 g/mol. The summed E-state index contributed by atoms with van der Waals surface area (Å²) in [6.07, 6.45) is 5.16. The van der Waals surface area contributed by atoms with Gasteiger partial charge in [0.25, 0.3) is 0 Å². The van der Waals surface area contributed by atoms with Crippen LogP contribution in [0.25, 0.3) is 0 Å². The summed E-state index contributed by atoms with van der Waals surface area (Å²) in [5.74, 6) is 0.870. The molecule has 2 N–H and O–H groups in total. The summed E-state index contributed by atoms with van der Waals surface area (Å²) < 4.78 is 11.0. The van der Waals surface area contributed by atoms with Crippen LogP contribution in [0.3, 0.4) is 0 Å². The van der Waals surface area contributed by atoms with Crippen LogP contribution in [-0.4, -0.2) is 53.1 Å². The fraction of sp³-hybridized carbons (Fsp3) is 1.00. The van der Waals surface area contributed by atoms with Gasteiger partial charge in [-0.25, -0.2) is 0 Å². The van der Waals surface area contributed by atoms with Gasteiger partial charge in [0.1, 0.15) is 0 Å². The second kappa shape index (κ2) is 7.43. The summed E-state index contributed by atoms with van der Waals surface area (Å²) in [5, 5.41) is 6.96. The van der Waals surface area contributed by atoms with Gasteiger partial charge in [-0.05, 0) is 44.7 Å². The van der Waals surface area contributed by atoms with Crippen molar-refractivity contribution in [3.05, 3.63) is 0 Å². The molecule has 0 radical (unpaired) electrons. The third-order valence-electron chi connectivity index (χ3n) is 4.09. The summed E-state index contributed by atoms with van der Waals surface area (Å²) >= 11 is 0. The van der Waals surface area contributed by atoms with Crippen LogP contribution < -0.4 is 10.6 Å². The SMILES string of the molecule is COCC1(CNCCOCC2CC2)CCNCC1. The maximum Gasteiger partial charge on any atom is 0.0591 e. The van der Waals surface area contributed by atoms with E-state index in [4.69, 9.17) is 9.47 Å². The zero-order valence-corrected chi connectivity index (χ0v) is 11.7. The number of piperidine rings is 1. The van der Waals surface area contributed by atoms with Crippen molar-refractivity contribution in [2.24, 2.45) is 11.3 Å². The van der Waals surface area contributed by atoms with Gasteiger partial charge in [0.15, 0.2) is 0 Å². The first-order chi connectivity index (χ1) is 8.85.